The van der Waals surface area contributed by atoms with Gasteiger partial charge in [-0.2, -0.15) is 0 Å². The van der Waals surface area contributed by atoms with Crippen molar-refractivity contribution in [3.8, 4) is 0 Å². The smallest absolute Gasteiger partial charge is 0.306 e. The highest BCUT2D eigenvalue weighted by atomic mass is 16.5. The summed E-state index contributed by atoms with van der Waals surface area (Å²) in [5, 5.41) is 23.6. The van der Waals surface area contributed by atoms with Gasteiger partial charge in [-0.3, -0.25) is 9.59 Å². The Morgan fingerprint density at radius 2 is 1.00 bits per heavy atom. The van der Waals surface area contributed by atoms with Gasteiger partial charge in [0.15, 0.2) is 0 Å². The lowest BCUT2D eigenvalue weighted by molar-refractivity contribution is -0.151. The molecule has 3 N–H and O–H groups in total. The fourth-order valence-corrected chi connectivity index (χ4v) is 7.23. The minimum absolute atomic E-state index is 0.0790. The van der Waals surface area contributed by atoms with E-state index in [1.807, 2.05) is 0 Å². The van der Waals surface area contributed by atoms with Gasteiger partial charge in [0.2, 0.25) is 5.91 Å². The summed E-state index contributed by atoms with van der Waals surface area (Å²) in [5.41, 5.74) is 0. The van der Waals surface area contributed by atoms with E-state index < -0.39 is 18.2 Å². The average molecular weight is 762 g/mol. The van der Waals surface area contributed by atoms with Crippen LogP contribution in [-0.4, -0.2) is 46.9 Å². The molecule has 0 spiro atoms. The van der Waals surface area contributed by atoms with Gasteiger partial charge in [0.05, 0.1) is 25.2 Å². The summed E-state index contributed by atoms with van der Waals surface area (Å²) in [6.45, 7) is 6.36. The van der Waals surface area contributed by atoms with E-state index in [0.29, 0.717) is 19.3 Å². The molecule has 1 amide bonds. The molecule has 0 aromatic rings. The van der Waals surface area contributed by atoms with Crippen molar-refractivity contribution in [2.45, 2.75) is 264 Å². The number of aliphatic hydroxyl groups excluding tert-OH is 2. The zero-order chi connectivity index (χ0) is 39.6. The van der Waals surface area contributed by atoms with E-state index in [0.717, 1.165) is 70.6 Å². The van der Waals surface area contributed by atoms with Crippen molar-refractivity contribution in [3.05, 3.63) is 24.3 Å². The fourth-order valence-electron chi connectivity index (χ4n) is 7.23. The first-order chi connectivity index (χ1) is 26.5. The topological polar surface area (TPSA) is 95.9 Å². The molecule has 0 aliphatic rings. The van der Waals surface area contributed by atoms with Crippen molar-refractivity contribution in [1.29, 1.82) is 0 Å². The van der Waals surface area contributed by atoms with Crippen LogP contribution < -0.4 is 5.32 Å². The number of unbranched alkanes of at least 4 members (excludes halogenated alkanes) is 26. The second-order valence-corrected chi connectivity index (χ2v) is 16.1. The zero-order valence-corrected chi connectivity index (χ0v) is 36.1. The summed E-state index contributed by atoms with van der Waals surface area (Å²) in [6.07, 6.45) is 46.6. The number of carbonyl (C=O) groups is 2. The molecule has 6 heteroatoms. The van der Waals surface area contributed by atoms with Crippen LogP contribution in [0.5, 0.6) is 0 Å². The van der Waals surface area contributed by atoms with Gasteiger partial charge >= 0.3 is 5.97 Å². The van der Waals surface area contributed by atoms with Gasteiger partial charge in [-0.1, -0.05) is 206 Å². The predicted octanol–water partition coefficient (Wildman–Crippen LogP) is 13.6. The monoisotopic (exact) mass is 762 g/mol. The summed E-state index contributed by atoms with van der Waals surface area (Å²) in [5.74, 6) is -0.475. The highest BCUT2D eigenvalue weighted by Crippen LogP contribution is 2.18. The molecule has 0 aromatic carbocycles. The van der Waals surface area contributed by atoms with E-state index in [2.05, 4.69) is 50.4 Å². The third-order valence-corrected chi connectivity index (χ3v) is 10.8. The van der Waals surface area contributed by atoms with E-state index >= 15 is 0 Å². The Bertz CT molecular complexity index is 858. The molecule has 0 radical (unpaired) electrons. The number of allylic oxidation sites excluding steroid dienone is 4. The number of esters is 1. The van der Waals surface area contributed by atoms with Crippen LogP contribution in [0.25, 0.3) is 0 Å². The molecule has 0 aromatic heterocycles. The molecule has 0 bridgehead atoms. The van der Waals surface area contributed by atoms with Gasteiger partial charge < -0.3 is 20.3 Å². The van der Waals surface area contributed by atoms with E-state index in [4.69, 9.17) is 4.74 Å². The molecule has 0 aliphatic heterocycles. The van der Waals surface area contributed by atoms with Crippen molar-refractivity contribution in [3.63, 3.8) is 0 Å². The number of hydrogen-bond acceptors (Lipinski definition) is 5. The molecule has 0 rings (SSSR count). The Hall–Kier alpha value is -1.66. The van der Waals surface area contributed by atoms with Crippen molar-refractivity contribution < 1.29 is 24.5 Å². The van der Waals surface area contributed by atoms with Crippen molar-refractivity contribution in [2.24, 2.45) is 0 Å². The Balaban J connectivity index is 4.56. The maximum atomic E-state index is 13.1. The Morgan fingerprint density at radius 3 is 1.50 bits per heavy atom. The number of ether oxygens (including phenoxy) is 1. The van der Waals surface area contributed by atoms with Gasteiger partial charge in [-0.05, 0) is 51.4 Å². The third kappa shape index (κ3) is 37.3. The summed E-state index contributed by atoms with van der Waals surface area (Å²) in [4.78, 5) is 26.0. The third-order valence-electron chi connectivity index (χ3n) is 10.8. The van der Waals surface area contributed by atoms with Crippen LogP contribution >= 0.6 is 0 Å². The lowest BCUT2D eigenvalue weighted by Crippen LogP contribution is -2.46. The van der Waals surface area contributed by atoms with Gasteiger partial charge in [0.1, 0.15) is 6.10 Å². The SMILES string of the molecule is CC/C=C/C/C=C/CCCCCCCCCC(=O)OC(CCCCCCCCCCCCCC)CC(=O)NC(CO)C(O)CCCCCCCCCCC. The number of aliphatic hydroxyl groups is 2. The number of amides is 1. The molecule has 3 unspecified atom stereocenters. The first-order valence-corrected chi connectivity index (χ1v) is 23.6. The van der Waals surface area contributed by atoms with Crippen molar-refractivity contribution >= 4 is 11.9 Å². The minimum atomic E-state index is -0.782. The summed E-state index contributed by atoms with van der Waals surface area (Å²) >= 11 is 0. The molecule has 6 nitrogen and oxygen atoms in total. The number of carbonyl (C=O) groups excluding carboxylic acids is 2. The normalized spacial score (nSPS) is 13.5. The van der Waals surface area contributed by atoms with Crippen molar-refractivity contribution in [2.75, 3.05) is 6.61 Å². The van der Waals surface area contributed by atoms with Gasteiger partial charge in [0, 0.05) is 6.42 Å². The first-order valence-electron chi connectivity index (χ1n) is 23.6. The standard InChI is InChI=1S/C48H91NO5/c1-4-7-10-13-16-19-21-23-24-26-29-32-35-38-41-48(53)54-44(39-36-33-30-28-25-22-20-17-14-11-8-5-2)42-47(52)49-45(43-50)46(51)40-37-34-31-27-18-15-12-9-6-3/h7,10,16,19,44-46,50-51H,4-6,8-9,11-15,17-18,20-43H2,1-3H3,(H,49,52)/b10-7+,19-16+. The van der Waals surface area contributed by atoms with Crippen LogP contribution in [-0.2, 0) is 14.3 Å². The van der Waals surface area contributed by atoms with Crippen LogP contribution in [0.2, 0.25) is 0 Å². The van der Waals surface area contributed by atoms with E-state index in [1.54, 1.807) is 0 Å². The summed E-state index contributed by atoms with van der Waals surface area (Å²) in [7, 11) is 0. The number of hydrogen-bond donors (Lipinski definition) is 3. The van der Waals surface area contributed by atoms with E-state index in [1.165, 1.54) is 128 Å². The Labute approximate surface area is 335 Å². The fraction of sp³-hybridized carbons (Fsp3) is 0.875. The summed E-state index contributed by atoms with van der Waals surface area (Å²) < 4.78 is 5.91. The molecule has 318 valence electrons. The average Bonchev–Trinajstić information content (AvgIpc) is 3.16. The largest absolute Gasteiger partial charge is 0.462 e. The molecular formula is C48H91NO5. The summed E-state index contributed by atoms with van der Waals surface area (Å²) in [6, 6.07) is -0.695. The van der Waals surface area contributed by atoms with Gasteiger partial charge in [0.25, 0.3) is 0 Å². The number of nitrogens with one attached hydrogen (secondary N) is 1. The van der Waals surface area contributed by atoms with Gasteiger partial charge in [-0.25, -0.2) is 0 Å². The molecule has 54 heavy (non-hydrogen) atoms. The zero-order valence-electron chi connectivity index (χ0n) is 36.1. The van der Waals surface area contributed by atoms with Crippen LogP contribution in [0, 0.1) is 0 Å². The van der Waals surface area contributed by atoms with Gasteiger partial charge in [-0.15, -0.1) is 0 Å². The van der Waals surface area contributed by atoms with E-state index in [9.17, 15) is 19.8 Å². The molecule has 0 fully saturated rings. The Morgan fingerprint density at radius 1 is 0.556 bits per heavy atom. The van der Waals surface area contributed by atoms with E-state index in [-0.39, 0.29) is 24.9 Å². The maximum absolute atomic E-state index is 13.1. The highest BCUT2D eigenvalue weighted by molar-refractivity contribution is 5.77. The molecular weight excluding hydrogens is 671 g/mol. The molecule has 0 saturated carbocycles. The van der Waals surface area contributed by atoms with Crippen molar-refractivity contribution in [1.82, 2.24) is 5.32 Å². The van der Waals surface area contributed by atoms with Crippen LogP contribution in [0.1, 0.15) is 245 Å². The first kappa shape index (κ1) is 52.3. The lowest BCUT2D eigenvalue weighted by atomic mass is 10.0. The molecule has 3 atom stereocenters. The van der Waals surface area contributed by atoms with Crippen LogP contribution in [0.3, 0.4) is 0 Å². The number of rotatable bonds is 42. The second kappa shape index (κ2) is 42.5. The molecule has 0 heterocycles. The molecule has 0 aliphatic carbocycles. The predicted molar refractivity (Wildman–Crippen MR) is 232 cm³/mol. The Kier molecular flexibility index (Phi) is 41.2. The quantitative estimate of drug-likeness (QED) is 0.0327. The lowest BCUT2D eigenvalue weighted by Gasteiger charge is -2.24. The second-order valence-electron chi connectivity index (χ2n) is 16.1. The maximum Gasteiger partial charge on any atom is 0.306 e. The van der Waals surface area contributed by atoms with Crippen LogP contribution in [0.4, 0.5) is 0 Å². The van der Waals surface area contributed by atoms with Crippen LogP contribution in [0.15, 0.2) is 24.3 Å². The molecule has 0 saturated heterocycles. The highest BCUT2D eigenvalue weighted by Gasteiger charge is 2.24. The minimum Gasteiger partial charge on any atom is -0.462 e.